The van der Waals surface area contributed by atoms with Gasteiger partial charge in [-0.25, -0.2) is 14.1 Å². The van der Waals surface area contributed by atoms with Crippen LogP contribution in [0.4, 0.5) is 4.39 Å². The lowest BCUT2D eigenvalue weighted by atomic mass is 10.1. The van der Waals surface area contributed by atoms with E-state index in [1.165, 1.54) is 12.1 Å². The first-order valence-electron chi connectivity index (χ1n) is 8.68. The van der Waals surface area contributed by atoms with Crippen LogP contribution in [0.25, 0.3) is 17.1 Å². The van der Waals surface area contributed by atoms with Crippen LogP contribution in [0.15, 0.2) is 36.7 Å². The van der Waals surface area contributed by atoms with Crippen LogP contribution in [0.3, 0.4) is 0 Å². The van der Waals surface area contributed by atoms with Crippen molar-refractivity contribution >= 4 is 0 Å². The van der Waals surface area contributed by atoms with Crippen LogP contribution >= 0.6 is 0 Å². The molecule has 0 radical (unpaired) electrons. The molecule has 1 aromatic carbocycles. The van der Waals surface area contributed by atoms with Gasteiger partial charge in [0.2, 0.25) is 0 Å². The Morgan fingerprint density at radius 2 is 2.08 bits per heavy atom. The van der Waals surface area contributed by atoms with Crippen molar-refractivity contribution in [2.24, 2.45) is 0 Å². The minimum atomic E-state index is -0.298. The third kappa shape index (κ3) is 2.83. The second-order valence-electron chi connectivity index (χ2n) is 6.66. The zero-order valence-corrected chi connectivity index (χ0v) is 15.1. The number of ether oxygens (including phenoxy) is 1. The van der Waals surface area contributed by atoms with Gasteiger partial charge in [-0.1, -0.05) is 0 Å². The average Bonchev–Trinajstić information content (AvgIpc) is 3.33. The highest BCUT2D eigenvalue weighted by Gasteiger charge is 2.30. The van der Waals surface area contributed by atoms with Crippen LogP contribution in [-0.4, -0.2) is 45.6 Å². The molecule has 0 amide bonds. The van der Waals surface area contributed by atoms with Crippen LogP contribution in [0.2, 0.25) is 0 Å². The van der Waals surface area contributed by atoms with Crippen LogP contribution in [0, 0.1) is 19.7 Å². The SMILES string of the molecule is CO[C@H]1CNC[C@@H]1n1ccnc1-c1cc(F)ccc1-n1nc(C)cc1C. The van der Waals surface area contributed by atoms with E-state index in [4.69, 9.17) is 4.74 Å². The van der Waals surface area contributed by atoms with Crippen molar-refractivity contribution in [3.8, 4) is 17.1 Å². The average molecular weight is 355 g/mol. The van der Waals surface area contributed by atoms with Crippen molar-refractivity contribution in [1.82, 2.24) is 24.6 Å². The van der Waals surface area contributed by atoms with Gasteiger partial charge < -0.3 is 14.6 Å². The van der Waals surface area contributed by atoms with E-state index < -0.39 is 0 Å². The molecule has 0 unspecified atom stereocenters. The first-order valence-corrected chi connectivity index (χ1v) is 8.68. The molecule has 1 fully saturated rings. The number of benzene rings is 1. The molecule has 1 aliphatic rings. The van der Waals surface area contributed by atoms with E-state index in [1.807, 2.05) is 30.8 Å². The summed E-state index contributed by atoms with van der Waals surface area (Å²) in [7, 11) is 1.71. The second-order valence-corrected chi connectivity index (χ2v) is 6.66. The van der Waals surface area contributed by atoms with Gasteiger partial charge in [-0.2, -0.15) is 5.10 Å². The molecule has 26 heavy (non-hydrogen) atoms. The van der Waals surface area contributed by atoms with Crippen LogP contribution in [0.5, 0.6) is 0 Å². The van der Waals surface area contributed by atoms with Crippen LogP contribution < -0.4 is 5.32 Å². The Morgan fingerprint density at radius 1 is 1.23 bits per heavy atom. The fraction of sp³-hybridized carbons (Fsp3) is 0.368. The summed E-state index contributed by atoms with van der Waals surface area (Å²) >= 11 is 0. The van der Waals surface area contributed by atoms with Crippen molar-refractivity contribution in [3.63, 3.8) is 0 Å². The standard InChI is InChI=1S/C19H22FN5O/c1-12-8-13(2)25(23-12)16-5-4-14(20)9-15(16)19-22-6-7-24(19)17-10-21-11-18(17)26-3/h4-9,17-18,21H,10-11H2,1-3H3/t17-,18-/m0/s1. The molecule has 1 saturated heterocycles. The Labute approximate surface area is 151 Å². The Balaban J connectivity index is 1.86. The number of nitrogens with one attached hydrogen (secondary N) is 1. The first kappa shape index (κ1) is 16.9. The second kappa shape index (κ2) is 6.66. The first-order chi connectivity index (χ1) is 12.6. The summed E-state index contributed by atoms with van der Waals surface area (Å²) in [6, 6.07) is 6.84. The maximum Gasteiger partial charge on any atom is 0.142 e. The third-order valence-corrected chi connectivity index (χ3v) is 4.89. The highest BCUT2D eigenvalue weighted by molar-refractivity contribution is 5.68. The number of methoxy groups -OCH3 is 1. The van der Waals surface area contributed by atoms with E-state index in [-0.39, 0.29) is 18.0 Å². The Kier molecular flexibility index (Phi) is 4.34. The van der Waals surface area contributed by atoms with Gasteiger partial charge in [0.1, 0.15) is 11.6 Å². The van der Waals surface area contributed by atoms with Crippen molar-refractivity contribution in [1.29, 1.82) is 0 Å². The normalized spacial score (nSPS) is 20.0. The van der Waals surface area contributed by atoms with Crippen molar-refractivity contribution in [3.05, 3.63) is 53.9 Å². The number of aryl methyl sites for hydroxylation is 2. The fourth-order valence-electron chi connectivity index (χ4n) is 3.69. The lowest BCUT2D eigenvalue weighted by Gasteiger charge is -2.22. The molecule has 2 aromatic heterocycles. The lowest BCUT2D eigenvalue weighted by Crippen LogP contribution is -2.24. The monoisotopic (exact) mass is 355 g/mol. The number of aromatic nitrogens is 4. The summed E-state index contributed by atoms with van der Waals surface area (Å²) < 4.78 is 23.6. The van der Waals surface area contributed by atoms with Gasteiger partial charge in [-0.3, -0.25) is 0 Å². The molecule has 0 saturated carbocycles. The molecular formula is C19H22FN5O. The van der Waals surface area contributed by atoms with Crippen LogP contribution in [-0.2, 0) is 4.74 Å². The zero-order chi connectivity index (χ0) is 18.3. The minimum absolute atomic E-state index is 0.0497. The highest BCUT2D eigenvalue weighted by Crippen LogP contribution is 2.31. The number of hydrogen-bond acceptors (Lipinski definition) is 4. The van der Waals surface area contributed by atoms with Gasteiger partial charge >= 0.3 is 0 Å². The summed E-state index contributed by atoms with van der Waals surface area (Å²) in [5, 5.41) is 7.90. The molecule has 3 aromatic rings. The molecule has 6 nitrogen and oxygen atoms in total. The van der Waals surface area contributed by atoms with E-state index in [9.17, 15) is 4.39 Å². The fourth-order valence-corrected chi connectivity index (χ4v) is 3.69. The maximum absolute atomic E-state index is 14.1. The van der Waals surface area contributed by atoms with Gasteiger partial charge in [0, 0.05) is 43.9 Å². The summed E-state index contributed by atoms with van der Waals surface area (Å²) in [6.07, 6.45) is 3.72. The quantitative estimate of drug-likeness (QED) is 0.782. The largest absolute Gasteiger partial charge is 0.378 e. The van der Waals surface area contributed by atoms with E-state index >= 15 is 0 Å². The van der Waals surface area contributed by atoms with E-state index in [0.29, 0.717) is 11.4 Å². The molecule has 3 heterocycles. The number of hydrogen-bond donors (Lipinski definition) is 1. The molecule has 7 heteroatoms. The number of halogens is 1. The van der Waals surface area contributed by atoms with Gasteiger partial charge in [-0.05, 0) is 38.1 Å². The van der Waals surface area contributed by atoms with E-state index in [0.717, 1.165) is 30.2 Å². The van der Waals surface area contributed by atoms with Gasteiger partial charge in [0.05, 0.1) is 23.5 Å². The van der Waals surface area contributed by atoms with E-state index in [2.05, 4.69) is 20.0 Å². The van der Waals surface area contributed by atoms with Crippen molar-refractivity contribution < 1.29 is 9.13 Å². The Morgan fingerprint density at radius 3 is 2.81 bits per heavy atom. The third-order valence-electron chi connectivity index (χ3n) is 4.89. The molecule has 136 valence electrons. The Bertz CT molecular complexity index is 932. The Hall–Kier alpha value is -2.51. The molecule has 4 rings (SSSR count). The number of nitrogens with zero attached hydrogens (tertiary/aromatic N) is 4. The summed E-state index contributed by atoms with van der Waals surface area (Å²) in [5.74, 6) is 0.412. The lowest BCUT2D eigenvalue weighted by molar-refractivity contribution is 0.0871. The van der Waals surface area contributed by atoms with Crippen molar-refractivity contribution in [2.75, 3.05) is 20.2 Å². The molecule has 0 aliphatic carbocycles. The van der Waals surface area contributed by atoms with E-state index in [1.54, 1.807) is 19.4 Å². The predicted molar refractivity (Wildman–Crippen MR) is 96.9 cm³/mol. The number of imidazole rings is 1. The summed E-state index contributed by atoms with van der Waals surface area (Å²) in [4.78, 5) is 4.54. The smallest absolute Gasteiger partial charge is 0.142 e. The summed E-state index contributed by atoms with van der Waals surface area (Å²) in [5.41, 5.74) is 3.43. The van der Waals surface area contributed by atoms with Crippen molar-refractivity contribution in [2.45, 2.75) is 26.0 Å². The molecule has 2 atom stereocenters. The minimum Gasteiger partial charge on any atom is -0.378 e. The van der Waals surface area contributed by atoms with Gasteiger partial charge in [-0.15, -0.1) is 0 Å². The predicted octanol–water partition coefficient (Wildman–Crippen LogP) is 2.65. The molecule has 1 aliphatic heterocycles. The maximum atomic E-state index is 14.1. The molecule has 0 spiro atoms. The molecule has 0 bridgehead atoms. The zero-order valence-electron chi connectivity index (χ0n) is 15.1. The summed E-state index contributed by atoms with van der Waals surface area (Å²) in [6.45, 7) is 5.50. The highest BCUT2D eigenvalue weighted by atomic mass is 19.1. The van der Waals surface area contributed by atoms with Gasteiger partial charge in [0.25, 0.3) is 0 Å². The topological polar surface area (TPSA) is 56.9 Å². The van der Waals surface area contributed by atoms with Crippen LogP contribution in [0.1, 0.15) is 17.4 Å². The number of rotatable bonds is 4. The molecular weight excluding hydrogens is 333 g/mol. The van der Waals surface area contributed by atoms with Gasteiger partial charge in [0.15, 0.2) is 0 Å². The molecule has 1 N–H and O–H groups in total.